The zero-order valence-corrected chi connectivity index (χ0v) is 9.08. The van der Waals surface area contributed by atoms with Crippen LogP contribution in [0.15, 0.2) is 24.3 Å². The van der Waals surface area contributed by atoms with Crippen molar-refractivity contribution in [2.75, 3.05) is 0 Å². The second-order valence-corrected chi connectivity index (χ2v) is 4.29. The van der Waals surface area contributed by atoms with Gasteiger partial charge in [0.15, 0.2) is 0 Å². The summed E-state index contributed by atoms with van der Waals surface area (Å²) in [4.78, 5) is 0. The van der Waals surface area contributed by atoms with E-state index >= 15 is 0 Å². The first-order valence-electron chi connectivity index (χ1n) is 4.71. The monoisotopic (exact) mass is 207 g/mol. The Hall–Kier alpha value is -1.40. The fourth-order valence-corrected chi connectivity index (χ4v) is 1.30. The average Bonchev–Trinajstić information content (AvgIpc) is 2.18. The molecule has 80 valence electrons. The molecule has 0 aliphatic heterocycles. The molecule has 15 heavy (non-hydrogen) atoms. The van der Waals surface area contributed by atoms with Gasteiger partial charge >= 0.3 is 0 Å². The van der Waals surface area contributed by atoms with Crippen LogP contribution in [0.2, 0.25) is 0 Å². The number of nitriles is 1. The van der Waals surface area contributed by atoms with E-state index in [1.165, 1.54) is 19.1 Å². The van der Waals surface area contributed by atoms with E-state index in [1.54, 1.807) is 26.0 Å². The molecule has 1 N–H and O–H groups in total. The molecular weight excluding hydrogens is 193 g/mol. The third kappa shape index (κ3) is 1.86. The SMILES string of the molecule is CC(C)(C#N)C(C)(O)c1ccccc1F. The Bertz CT molecular complexity index is 404. The third-order valence-electron chi connectivity index (χ3n) is 2.89. The largest absolute Gasteiger partial charge is 0.384 e. The van der Waals surface area contributed by atoms with Crippen molar-refractivity contribution in [3.05, 3.63) is 35.6 Å². The van der Waals surface area contributed by atoms with Crippen molar-refractivity contribution in [2.24, 2.45) is 5.41 Å². The van der Waals surface area contributed by atoms with Crippen LogP contribution in [0.25, 0.3) is 0 Å². The van der Waals surface area contributed by atoms with E-state index in [1.807, 2.05) is 6.07 Å². The molecule has 0 spiro atoms. The zero-order chi connectivity index (χ0) is 11.7. The second-order valence-electron chi connectivity index (χ2n) is 4.29. The van der Waals surface area contributed by atoms with Crippen molar-refractivity contribution >= 4 is 0 Å². The maximum atomic E-state index is 13.5. The van der Waals surface area contributed by atoms with Crippen LogP contribution in [0.5, 0.6) is 0 Å². The predicted molar refractivity (Wildman–Crippen MR) is 55.4 cm³/mol. The van der Waals surface area contributed by atoms with E-state index in [-0.39, 0.29) is 5.56 Å². The third-order valence-corrected chi connectivity index (χ3v) is 2.89. The second kappa shape index (κ2) is 3.63. The lowest BCUT2D eigenvalue weighted by molar-refractivity contribution is -0.0296. The van der Waals surface area contributed by atoms with Gasteiger partial charge in [-0.15, -0.1) is 0 Å². The molecule has 0 saturated carbocycles. The van der Waals surface area contributed by atoms with Gasteiger partial charge in [0.1, 0.15) is 11.4 Å². The van der Waals surface area contributed by atoms with Crippen LogP contribution < -0.4 is 0 Å². The molecule has 1 aromatic carbocycles. The van der Waals surface area contributed by atoms with Gasteiger partial charge in [0.25, 0.3) is 0 Å². The van der Waals surface area contributed by atoms with E-state index in [0.29, 0.717) is 0 Å². The molecule has 0 aromatic heterocycles. The lowest BCUT2D eigenvalue weighted by atomic mass is 9.73. The molecular formula is C12H14FNO. The summed E-state index contributed by atoms with van der Waals surface area (Å²) in [7, 11) is 0. The summed E-state index contributed by atoms with van der Waals surface area (Å²) >= 11 is 0. The fourth-order valence-electron chi connectivity index (χ4n) is 1.30. The fraction of sp³-hybridized carbons (Fsp3) is 0.417. The van der Waals surface area contributed by atoms with E-state index in [9.17, 15) is 9.50 Å². The zero-order valence-electron chi connectivity index (χ0n) is 9.08. The molecule has 1 aromatic rings. The molecule has 3 heteroatoms. The maximum Gasteiger partial charge on any atom is 0.129 e. The van der Waals surface area contributed by atoms with Gasteiger partial charge in [-0.3, -0.25) is 0 Å². The van der Waals surface area contributed by atoms with Crippen LogP contribution in [0.4, 0.5) is 4.39 Å². The Morgan fingerprint density at radius 3 is 2.27 bits per heavy atom. The van der Waals surface area contributed by atoms with Gasteiger partial charge in [-0.25, -0.2) is 4.39 Å². The molecule has 1 rings (SSSR count). The number of hydrogen-bond acceptors (Lipinski definition) is 2. The number of aliphatic hydroxyl groups is 1. The molecule has 0 heterocycles. The number of nitrogens with zero attached hydrogens (tertiary/aromatic N) is 1. The van der Waals surface area contributed by atoms with Gasteiger partial charge in [-0.05, 0) is 26.8 Å². The van der Waals surface area contributed by atoms with Gasteiger partial charge in [0.05, 0.1) is 11.5 Å². The smallest absolute Gasteiger partial charge is 0.129 e. The van der Waals surface area contributed by atoms with Crippen LogP contribution >= 0.6 is 0 Å². The Labute approximate surface area is 89.0 Å². The van der Waals surface area contributed by atoms with Gasteiger partial charge in [0.2, 0.25) is 0 Å². The van der Waals surface area contributed by atoms with Crippen molar-refractivity contribution in [1.82, 2.24) is 0 Å². The Balaban J connectivity index is 3.30. The van der Waals surface area contributed by atoms with Gasteiger partial charge in [-0.1, -0.05) is 18.2 Å². The molecule has 0 fully saturated rings. The van der Waals surface area contributed by atoms with Crippen molar-refractivity contribution < 1.29 is 9.50 Å². The van der Waals surface area contributed by atoms with Crippen LogP contribution in [0, 0.1) is 22.6 Å². The van der Waals surface area contributed by atoms with Crippen LogP contribution in [0.1, 0.15) is 26.3 Å². The van der Waals surface area contributed by atoms with Crippen LogP contribution in [-0.2, 0) is 5.60 Å². The summed E-state index contributed by atoms with van der Waals surface area (Å²) in [6.07, 6.45) is 0. The average molecular weight is 207 g/mol. The van der Waals surface area contributed by atoms with E-state index in [2.05, 4.69) is 0 Å². The highest BCUT2D eigenvalue weighted by Crippen LogP contribution is 2.39. The maximum absolute atomic E-state index is 13.5. The first-order valence-corrected chi connectivity index (χ1v) is 4.71. The molecule has 0 saturated heterocycles. The quantitative estimate of drug-likeness (QED) is 0.810. The summed E-state index contributed by atoms with van der Waals surface area (Å²) in [5.41, 5.74) is -2.40. The highest BCUT2D eigenvalue weighted by Gasteiger charge is 2.42. The molecule has 2 nitrogen and oxygen atoms in total. The van der Waals surface area contributed by atoms with Crippen molar-refractivity contribution in [2.45, 2.75) is 26.4 Å². The van der Waals surface area contributed by atoms with E-state index in [0.717, 1.165) is 0 Å². The lowest BCUT2D eigenvalue weighted by Crippen LogP contribution is -2.38. The van der Waals surface area contributed by atoms with E-state index in [4.69, 9.17) is 5.26 Å². The normalized spacial score (nSPS) is 15.5. The van der Waals surface area contributed by atoms with Crippen molar-refractivity contribution in [1.29, 1.82) is 5.26 Å². The Morgan fingerprint density at radius 1 is 1.27 bits per heavy atom. The van der Waals surface area contributed by atoms with Crippen LogP contribution in [0.3, 0.4) is 0 Å². The summed E-state index contributed by atoms with van der Waals surface area (Å²) in [6, 6.07) is 7.95. The molecule has 0 aliphatic rings. The van der Waals surface area contributed by atoms with Crippen molar-refractivity contribution in [3.63, 3.8) is 0 Å². The number of halogens is 1. The summed E-state index contributed by atoms with van der Waals surface area (Å²) < 4.78 is 13.5. The highest BCUT2D eigenvalue weighted by molar-refractivity contribution is 5.28. The van der Waals surface area contributed by atoms with Gasteiger partial charge < -0.3 is 5.11 Å². The minimum Gasteiger partial charge on any atom is -0.384 e. The van der Waals surface area contributed by atoms with Crippen molar-refractivity contribution in [3.8, 4) is 6.07 Å². The molecule has 0 radical (unpaired) electrons. The first-order chi connectivity index (χ1) is 6.83. The number of hydrogen-bond donors (Lipinski definition) is 1. The summed E-state index contributed by atoms with van der Waals surface area (Å²) in [5, 5.41) is 19.2. The minimum absolute atomic E-state index is 0.150. The molecule has 1 atom stereocenters. The molecule has 0 bridgehead atoms. The first kappa shape index (κ1) is 11.7. The minimum atomic E-state index is -1.51. The van der Waals surface area contributed by atoms with Gasteiger partial charge in [0, 0.05) is 5.56 Å². The number of rotatable bonds is 2. The molecule has 1 unspecified atom stereocenters. The Morgan fingerprint density at radius 2 is 1.80 bits per heavy atom. The Kier molecular flexibility index (Phi) is 2.83. The number of benzene rings is 1. The van der Waals surface area contributed by atoms with Gasteiger partial charge in [-0.2, -0.15) is 5.26 Å². The molecule has 0 aliphatic carbocycles. The predicted octanol–water partition coefficient (Wildman–Crippen LogP) is 2.58. The molecule has 0 amide bonds. The summed E-state index contributed by atoms with van der Waals surface area (Å²) in [5.74, 6) is -0.495. The topological polar surface area (TPSA) is 44.0 Å². The van der Waals surface area contributed by atoms with Crippen LogP contribution in [-0.4, -0.2) is 5.11 Å². The summed E-state index contributed by atoms with van der Waals surface area (Å²) in [6.45, 7) is 4.62. The van der Waals surface area contributed by atoms with E-state index < -0.39 is 16.8 Å². The highest BCUT2D eigenvalue weighted by atomic mass is 19.1. The lowest BCUT2D eigenvalue weighted by Gasteiger charge is -2.35. The standard InChI is InChI=1S/C12H14FNO/c1-11(2,8-14)12(3,15)9-6-4-5-7-10(9)13/h4-7,15H,1-3H3.